The molecule has 10 heteroatoms. The number of fused-ring (bicyclic) bond motifs is 1. The van der Waals surface area contributed by atoms with Crippen LogP contribution in [0.3, 0.4) is 0 Å². The molecule has 9 nitrogen and oxygen atoms in total. The average Bonchev–Trinajstić information content (AvgIpc) is 3.33. The third-order valence-electron chi connectivity index (χ3n) is 5.27. The monoisotopic (exact) mass is 440 g/mol. The van der Waals surface area contributed by atoms with Crippen molar-refractivity contribution in [2.75, 3.05) is 13.2 Å². The molecule has 31 heavy (non-hydrogen) atoms. The molecule has 2 aromatic carbocycles. The summed E-state index contributed by atoms with van der Waals surface area (Å²) in [6.45, 7) is 2.36. The van der Waals surface area contributed by atoms with Crippen molar-refractivity contribution in [2.45, 2.75) is 19.0 Å². The lowest BCUT2D eigenvalue weighted by Gasteiger charge is -2.25. The predicted molar refractivity (Wildman–Crippen MR) is 109 cm³/mol. The number of imide groups is 1. The fourth-order valence-corrected chi connectivity index (χ4v) is 3.82. The third-order valence-corrected chi connectivity index (χ3v) is 5.60. The summed E-state index contributed by atoms with van der Waals surface area (Å²) < 4.78 is 16.4. The van der Waals surface area contributed by atoms with E-state index in [1.807, 2.05) is 0 Å². The van der Waals surface area contributed by atoms with Gasteiger partial charge in [-0.2, -0.15) is 4.98 Å². The highest BCUT2D eigenvalue weighted by atomic mass is 35.5. The summed E-state index contributed by atoms with van der Waals surface area (Å²) in [5, 5.41) is 7.13. The molecule has 3 aromatic rings. The molecule has 0 spiro atoms. The van der Waals surface area contributed by atoms with Gasteiger partial charge in [-0.3, -0.25) is 9.69 Å². The highest BCUT2D eigenvalue weighted by Gasteiger charge is 2.49. The van der Waals surface area contributed by atoms with Crippen LogP contribution in [0.1, 0.15) is 18.4 Å². The van der Waals surface area contributed by atoms with Crippen LogP contribution in [-0.2, 0) is 16.9 Å². The Morgan fingerprint density at radius 3 is 2.71 bits per heavy atom. The molecule has 1 saturated heterocycles. The molecule has 2 aliphatic rings. The molecule has 1 N–H and O–H groups in total. The number of aromatic nitrogens is 2. The Hall–Kier alpha value is -3.59. The molecule has 0 saturated carbocycles. The standard InChI is InChI=1S/C21H17ClN4O5/c1-21(12-6-7-15-16(10-12)30-9-8-29-15)19(27)26(20(28)24-21)11-17-23-18(25-31-17)13-4-2-3-5-14(13)22/h2-7,10H,8-9,11H2,1H3,(H,24,28). The smallest absolute Gasteiger partial charge is 0.325 e. The van der Waals surface area contributed by atoms with Crippen LogP contribution in [-0.4, -0.2) is 40.2 Å². The number of hydrogen-bond donors (Lipinski definition) is 1. The van der Waals surface area contributed by atoms with Crippen molar-refractivity contribution < 1.29 is 23.6 Å². The fourth-order valence-electron chi connectivity index (χ4n) is 3.60. The number of rotatable bonds is 4. The summed E-state index contributed by atoms with van der Waals surface area (Å²) in [4.78, 5) is 31.1. The van der Waals surface area contributed by atoms with Gasteiger partial charge in [0.15, 0.2) is 11.5 Å². The molecule has 0 bridgehead atoms. The van der Waals surface area contributed by atoms with E-state index < -0.39 is 17.5 Å². The van der Waals surface area contributed by atoms with Gasteiger partial charge in [0.25, 0.3) is 5.91 Å². The van der Waals surface area contributed by atoms with Crippen molar-refractivity contribution >= 4 is 23.5 Å². The lowest BCUT2D eigenvalue weighted by molar-refractivity contribution is -0.131. The number of halogens is 1. The predicted octanol–water partition coefficient (Wildman–Crippen LogP) is 3.13. The van der Waals surface area contributed by atoms with Gasteiger partial charge in [-0.1, -0.05) is 35.0 Å². The molecule has 1 atom stereocenters. The number of nitrogens with zero attached hydrogens (tertiary/aromatic N) is 3. The summed E-state index contributed by atoms with van der Waals surface area (Å²) in [5.41, 5.74) is -0.0872. The molecule has 0 radical (unpaired) electrons. The van der Waals surface area contributed by atoms with Gasteiger partial charge in [0.2, 0.25) is 11.7 Å². The number of carbonyl (C=O) groups is 2. The van der Waals surface area contributed by atoms with E-state index in [0.29, 0.717) is 40.9 Å². The molecule has 1 aromatic heterocycles. The Bertz CT molecular complexity index is 1200. The van der Waals surface area contributed by atoms with Crippen LogP contribution >= 0.6 is 11.6 Å². The van der Waals surface area contributed by atoms with Gasteiger partial charge >= 0.3 is 6.03 Å². The van der Waals surface area contributed by atoms with E-state index in [-0.39, 0.29) is 18.3 Å². The second-order valence-electron chi connectivity index (χ2n) is 7.30. The van der Waals surface area contributed by atoms with Crippen LogP contribution in [0.15, 0.2) is 47.0 Å². The van der Waals surface area contributed by atoms with Gasteiger partial charge in [0.1, 0.15) is 25.3 Å². The zero-order valence-electron chi connectivity index (χ0n) is 16.4. The third kappa shape index (κ3) is 3.27. The first-order chi connectivity index (χ1) is 15.0. The van der Waals surface area contributed by atoms with Crippen molar-refractivity contribution in [3.05, 3.63) is 58.9 Å². The summed E-state index contributed by atoms with van der Waals surface area (Å²) in [6, 6.07) is 11.7. The Labute approximate surface area is 181 Å². The minimum absolute atomic E-state index is 0.116. The maximum Gasteiger partial charge on any atom is 0.325 e. The average molecular weight is 441 g/mol. The van der Waals surface area contributed by atoms with Crippen molar-refractivity contribution in [3.8, 4) is 22.9 Å². The molecular weight excluding hydrogens is 424 g/mol. The number of benzene rings is 2. The van der Waals surface area contributed by atoms with Crippen LogP contribution in [0.2, 0.25) is 5.02 Å². The van der Waals surface area contributed by atoms with Gasteiger partial charge < -0.3 is 19.3 Å². The van der Waals surface area contributed by atoms with E-state index >= 15 is 0 Å². The van der Waals surface area contributed by atoms with Crippen LogP contribution in [0.4, 0.5) is 4.79 Å². The minimum atomic E-state index is -1.27. The lowest BCUT2D eigenvalue weighted by Crippen LogP contribution is -2.41. The molecule has 5 rings (SSSR count). The van der Waals surface area contributed by atoms with Crippen LogP contribution < -0.4 is 14.8 Å². The Balaban J connectivity index is 1.39. The summed E-state index contributed by atoms with van der Waals surface area (Å²) >= 11 is 6.17. The minimum Gasteiger partial charge on any atom is -0.486 e. The fraction of sp³-hybridized carbons (Fsp3) is 0.238. The van der Waals surface area contributed by atoms with E-state index in [1.165, 1.54) is 0 Å². The topological polar surface area (TPSA) is 107 Å². The summed E-state index contributed by atoms with van der Waals surface area (Å²) in [5.74, 6) is 1.09. The highest BCUT2D eigenvalue weighted by Crippen LogP contribution is 2.37. The first-order valence-electron chi connectivity index (χ1n) is 9.57. The van der Waals surface area contributed by atoms with Crippen LogP contribution in [0, 0.1) is 0 Å². The maximum absolute atomic E-state index is 13.2. The quantitative estimate of drug-likeness (QED) is 0.621. The molecule has 1 fully saturated rings. The molecular formula is C21H17ClN4O5. The second-order valence-corrected chi connectivity index (χ2v) is 7.70. The Morgan fingerprint density at radius 1 is 1.13 bits per heavy atom. The van der Waals surface area contributed by atoms with Crippen molar-refractivity contribution in [1.82, 2.24) is 20.4 Å². The van der Waals surface area contributed by atoms with E-state index in [2.05, 4.69) is 15.5 Å². The first kappa shape index (κ1) is 19.4. The Kier molecular flexibility index (Phi) is 4.55. The lowest BCUT2D eigenvalue weighted by atomic mass is 9.91. The van der Waals surface area contributed by atoms with Crippen molar-refractivity contribution in [1.29, 1.82) is 0 Å². The SMILES string of the molecule is CC1(c2ccc3c(c2)OCCO3)NC(=O)N(Cc2nc(-c3ccccc3Cl)no2)C1=O. The van der Waals surface area contributed by atoms with Crippen LogP contribution in [0.25, 0.3) is 11.4 Å². The largest absolute Gasteiger partial charge is 0.486 e. The maximum atomic E-state index is 13.2. The number of hydrogen-bond acceptors (Lipinski definition) is 7. The van der Waals surface area contributed by atoms with Gasteiger partial charge in [0.05, 0.1) is 5.02 Å². The van der Waals surface area contributed by atoms with Gasteiger partial charge in [0, 0.05) is 5.56 Å². The summed E-state index contributed by atoms with van der Waals surface area (Å²) in [7, 11) is 0. The molecule has 3 amide bonds. The van der Waals surface area contributed by atoms with E-state index in [0.717, 1.165) is 4.90 Å². The second kappa shape index (κ2) is 7.28. The highest BCUT2D eigenvalue weighted by molar-refractivity contribution is 6.33. The van der Waals surface area contributed by atoms with Crippen LogP contribution in [0.5, 0.6) is 11.5 Å². The van der Waals surface area contributed by atoms with Crippen molar-refractivity contribution in [2.24, 2.45) is 0 Å². The van der Waals surface area contributed by atoms with Gasteiger partial charge in [-0.05, 0) is 36.8 Å². The Morgan fingerprint density at radius 2 is 1.90 bits per heavy atom. The number of amides is 3. The summed E-state index contributed by atoms with van der Waals surface area (Å²) in [6.07, 6.45) is 0. The van der Waals surface area contributed by atoms with Gasteiger partial charge in [-0.25, -0.2) is 4.79 Å². The van der Waals surface area contributed by atoms with E-state index in [1.54, 1.807) is 49.4 Å². The van der Waals surface area contributed by atoms with Crippen molar-refractivity contribution in [3.63, 3.8) is 0 Å². The molecule has 3 heterocycles. The normalized spacial score (nSPS) is 20.1. The number of ether oxygens (including phenoxy) is 2. The van der Waals surface area contributed by atoms with E-state index in [4.69, 9.17) is 25.6 Å². The number of urea groups is 1. The van der Waals surface area contributed by atoms with E-state index in [9.17, 15) is 9.59 Å². The zero-order valence-corrected chi connectivity index (χ0v) is 17.2. The number of carbonyl (C=O) groups excluding carboxylic acids is 2. The molecule has 0 aliphatic carbocycles. The molecule has 2 aliphatic heterocycles. The number of nitrogens with one attached hydrogen (secondary N) is 1. The zero-order chi connectivity index (χ0) is 21.6. The first-order valence-corrected chi connectivity index (χ1v) is 9.95. The molecule has 1 unspecified atom stereocenters. The molecule has 158 valence electrons. The van der Waals surface area contributed by atoms with Gasteiger partial charge in [-0.15, -0.1) is 0 Å².